The van der Waals surface area contributed by atoms with E-state index in [0.29, 0.717) is 0 Å². The first-order chi connectivity index (χ1) is 19.6. The van der Waals surface area contributed by atoms with Crippen molar-refractivity contribution < 1.29 is 4.92 Å². The summed E-state index contributed by atoms with van der Waals surface area (Å²) in [7, 11) is 0. The molecule has 0 amide bonds. The highest BCUT2D eigenvalue weighted by Crippen LogP contribution is 2.71. The van der Waals surface area contributed by atoms with E-state index in [4.69, 9.17) is 5.10 Å². The maximum atomic E-state index is 11.3. The Morgan fingerprint density at radius 2 is 1.18 bits per heavy atom. The van der Waals surface area contributed by atoms with Crippen LogP contribution in [0.25, 0.3) is 0 Å². The van der Waals surface area contributed by atoms with E-state index >= 15 is 0 Å². The number of thioether (sulfide) groups is 2. The molecule has 1 atom stereocenters. The Morgan fingerprint density at radius 3 is 1.75 bits per heavy atom. The van der Waals surface area contributed by atoms with E-state index in [-0.39, 0.29) is 10.6 Å². The molecular weight excluding hydrogens is 535 g/mol. The van der Waals surface area contributed by atoms with Crippen molar-refractivity contribution in [2.45, 2.75) is 8.95 Å². The third-order valence-corrected chi connectivity index (χ3v) is 10.7. The first-order valence-corrected chi connectivity index (χ1v) is 14.5. The second-order valence-corrected chi connectivity index (χ2v) is 12.4. The monoisotopic (exact) mass is 557 g/mol. The van der Waals surface area contributed by atoms with Crippen molar-refractivity contribution in [3.8, 4) is 0 Å². The Bertz CT molecular complexity index is 1690. The molecule has 2 heterocycles. The molecule has 5 aromatic carbocycles. The van der Waals surface area contributed by atoms with Gasteiger partial charge in [0.2, 0.25) is 0 Å². The van der Waals surface area contributed by atoms with Crippen molar-refractivity contribution in [1.29, 1.82) is 0 Å². The number of hydrogen-bond acceptors (Lipinski definition) is 6. The van der Waals surface area contributed by atoms with Crippen LogP contribution in [0.2, 0.25) is 0 Å². The molecule has 194 valence electrons. The number of fused-ring (bicyclic) bond motifs is 2. The molecule has 40 heavy (non-hydrogen) atoms. The van der Waals surface area contributed by atoms with E-state index in [0.717, 1.165) is 16.3 Å². The van der Waals surface area contributed by atoms with Gasteiger partial charge in [-0.05, 0) is 41.0 Å². The molecule has 5 aromatic rings. The Kier molecular flexibility index (Phi) is 5.99. The molecule has 2 aliphatic heterocycles. The van der Waals surface area contributed by atoms with E-state index in [1.807, 2.05) is 30.0 Å². The van der Waals surface area contributed by atoms with E-state index in [1.54, 1.807) is 36.0 Å². The van der Waals surface area contributed by atoms with E-state index in [9.17, 15) is 10.1 Å². The molecule has 0 aliphatic carbocycles. The van der Waals surface area contributed by atoms with Crippen molar-refractivity contribution in [3.05, 3.63) is 177 Å². The maximum Gasteiger partial charge on any atom is 0.269 e. The van der Waals surface area contributed by atoms with Crippen LogP contribution in [-0.4, -0.2) is 9.97 Å². The average Bonchev–Trinajstić information content (AvgIpc) is 3.55. The van der Waals surface area contributed by atoms with Crippen LogP contribution < -0.4 is 5.01 Å². The average molecular weight is 558 g/mol. The lowest BCUT2D eigenvalue weighted by atomic mass is 9.82. The van der Waals surface area contributed by atoms with Crippen molar-refractivity contribution in [2.24, 2.45) is 5.10 Å². The minimum Gasteiger partial charge on any atom is -0.258 e. The van der Waals surface area contributed by atoms with Crippen molar-refractivity contribution >= 4 is 39.9 Å². The van der Waals surface area contributed by atoms with Gasteiger partial charge in [0.15, 0.2) is 4.20 Å². The fourth-order valence-corrected chi connectivity index (χ4v) is 9.22. The highest BCUT2D eigenvalue weighted by atomic mass is 32.2. The molecule has 2 aliphatic rings. The van der Waals surface area contributed by atoms with E-state index in [2.05, 4.69) is 102 Å². The van der Waals surface area contributed by atoms with Gasteiger partial charge in [0.1, 0.15) is 5.04 Å². The number of benzene rings is 5. The molecule has 0 bridgehead atoms. The topological polar surface area (TPSA) is 58.7 Å². The summed E-state index contributed by atoms with van der Waals surface area (Å²) in [5.74, 6) is 0. The van der Waals surface area contributed by atoms with E-state index < -0.39 is 8.95 Å². The molecule has 0 unspecified atom stereocenters. The first kappa shape index (κ1) is 24.7. The summed E-state index contributed by atoms with van der Waals surface area (Å²) in [6.45, 7) is 0. The van der Waals surface area contributed by atoms with Crippen LogP contribution in [0.3, 0.4) is 0 Å². The summed E-state index contributed by atoms with van der Waals surface area (Å²) in [6, 6.07) is 46.9. The first-order valence-electron chi connectivity index (χ1n) is 12.9. The summed E-state index contributed by atoms with van der Waals surface area (Å²) in [5, 5.41) is 19.5. The number of nitro benzene ring substituents is 1. The Balaban J connectivity index is 1.46. The molecule has 0 saturated carbocycles. The van der Waals surface area contributed by atoms with Gasteiger partial charge in [-0.1, -0.05) is 127 Å². The van der Waals surface area contributed by atoms with Crippen LogP contribution >= 0.6 is 23.5 Å². The predicted octanol–water partition coefficient (Wildman–Crippen LogP) is 8.36. The van der Waals surface area contributed by atoms with Crippen LogP contribution in [0, 0.1) is 10.1 Å². The molecule has 5 nitrogen and oxygen atoms in total. The van der Waals surface area contributed by atoms with E-state index in [1.165, 1.54) is 22.3 Å². The second kappa shape index (κ2) is 9.70. The summed E-state index contributed by atoms with van der Waals surface area (Å²) >= 11 is 3.57. The lowest BCUT2D eigenvalue weighted by molar-refractivity contribution is -0.384. The van der Waals surface area contributed by atoms with Crippen molar-refractivity contribution in [3.63, 3.8) is 0 Å². The smallest absolute Gasteiger partial charge is 0.258 e. The van der Waals surface area contributed by atoms with Crippen LogP contribution in [0.5, 0.6) is 0 Å². The SMILES string of the molecule is O=[N+]([O-])c1ccc(C2=NN(c3ccccc3)[C@@]3(S2)SC(c2ccccc2)(c2ccccc2)c2ccccc23)cc1. The molecule has 0 aromatic heterocycles. The fraction of sp³-hybridized carbons (Fsp3) is 0.0606. The van der Waals surface area contributed by atoms with Gasteiger partial charge >= 0.3 is 0 Å². The number of nitro groups is 1. The zero-order valence-corrected chi connectivity index (χ0v) is 22.9. The van der Waals surface area contributed by atoms with Crippen LogP contribution in [0.4, 0.5) is 11.4 Å². The van der Waals surface area contributed by atoms with Crippen LogP contribution in [-0.2, 0) is 8.95 Å². The highest BCUT2D eigenvalue weighted by molar-refractivity contribution is 8.26. The maximum absolute atomic E-state index is 11.3. The van der Waals surface area contributed by atoms with Gasteiger partial charge in [0.25, 0.3) is 5.69 Å². The summed E-state index contributed by atoms with van der Waals surface area (Å²) in [5.41, 5.74) is 6.71. The summed E-state index contributed by atoms with van der Waals surface area (Å²) in [4.78, 5) is 10.9. The number of non-ortho nitro benzene ring substituents is 1. The molecule has 0 saturated heterocycles. The quantitative estimate of drug-likeness (QED) is 0.161. The Morgan fingerprint density at radius 1 is 0.650 bits per heavy atom. The normalized spacial score (nSPS) is 18.9. The number of anilines is 1. The zero-order chi connectivity index (χ0) is 27.2. The standard InChI is InChI=1S/C33H23N3O2S2/c37-36(38)28-22-20-24(21-23-28)31-34-35(27-16-8-3-9-17-27)33(39-31)30-19-11-10-18-29(30)32(40-33,25-12-4-1-5-13-25)26-14-6-2-7-15-26/h1-23H/t33-/m0/s1. The molecule has 0 N–H and O–H groups in total. The van der Waals surface area contributed by atoms with Crippen LogP contribution in [0.1, 0.15) is 27.8 Å². The van der Waals surface area contributed by atoms with Crippen molar-refractivity contribution in [2.75, 3.05) is 5.01 Å². The number of nitrogens with zero attached hydrogens (tertiary/aromatic N) is 3. The third kappa shape index (κ3) is 3.77. The largest absolute Gasteiger partial charge is 0.269 e. The number of hydrazone groups is 1. The molecule has 7 rings (SSSR count). The Labute approximate surface area is 240 Å². The zero-order valence-electron chi connectivity index (χ0n) is 21.3. The minimum atomic E-state index is -0.624. The molecular formula is C33H23N3O2S2. The van der Waals surface area contributed by atoms with Gasteiger partial charge < -0.3 is 0 Å². The molecule has 0 radical (unpaired) electrons. The van der Waals surface area contributed by atoms with Gasteiger partial charge in [-0.15, -0.1) is 0 Å². The lowest BCUT2D eigenvalue weighted by Gasteiger charge is -2.37. The predicted molar refractivity (Wildman–Crippen MR) is 165 cm³/mol. The number of rotatable bonds is 5. The van der Waals surface area contributed by atoms with Crippen LogP contribution in [0.15, 0.2) is 145 Å². The minimum absolute atomic E-state index is 0.0646. The molecule has 1 spiro atoms. The molecule has 7 heteroatoms. The third-order valence-electron chi connectivity index (χ3n) is 7.33. The number of para-hydroxylation sites is 1. The molecule has 0 fully saturated rings. The van der Waals surface area contributed by atoms with Gasteiger partial charge in [-0.2, -0.15) is 5.10 Å². The van der Waals surface area contributed by atoms with Gasteiger partial charge in [-0.3, -0.25) is 10.1 Å². The Hall–Kier alpha value is -4.33. The van der Waals surface area contributed by atoms with Gasteiger partial charge in [0, 0.05) is 23.3 Å². The van der Waals surface area contributed by atoms with Gasteiger partial charge in [-0.25, -0.2) is 5.01 Å². The number of hydrogen-bond donors (Lipinski definition) is 0. The summed E-state index contributed by atoms with van der Waals surface area (Å²) < 4.78 is -1.11. The van der Waals surface area contributed by atoms with Crippen molar-refractivity contribution in [1.82, 2.24) is 0 Å². The highest BCUT2D eigenvalue weighted by Gasteiger charge is 2.61. The fourth-order valence-electron chi connectivity index (χ4n) is 5.55. The second-order valence-electron chi connectivity index (χ2n) is 9.60. The lowest BCUT2D eigenvalue weighted by Crippen LogP contribution is -2.33. The summed E-state index contributed by atoms with van der Waals surface area (Å²) in [6.07, 6.45) is 0. The van der Waals surface area contributed by atoms with Gasteiger partial charge in [0.05, 0.1) is 15.4 Å².